The average molecular weight is 505 g/mol. The van der Waals surface area contributed by atoms with Gasteiger partial charge in [0.15, 0.2) is 0 Å². The van der Waals surface area contributed by atoms with Gasteiger partial charge >= 0.3 is 0 Å². The maximum absolute atomic E-state index is 13.1. The van der Waals surface area contributed by atoms with E-state index >= 15 is 0 Å². The summed E-state index contributed by atoms with van der Waals surface area (Å²) in [6.07, 6.45) is 4.93. The number of aromatic nitrogens is 1. The zero-order valence-electron chi connectivity index (χ0n) is 17.6. The van der Waals surface area contributed by atoms with Crippen molar-refractivity contribution in [3.8, 4) is 5.75 Å². The molecule has 7 heteroatoms. The van der Waals surface area contributed by atoms with E-state index in [1.807, 2.05) is 30.3 Å². The van der Waals surface area contributed by atoms with Crippen LogP contribution in [0.5, 0.6) is 5.75 Å². The number of likely N-dealkylation sites (tertiary alicyclic amines) is 1. The van der Waals surface area contributed by atoms with Gasteiger partial charge in [-0.3, -0.25) is 14.6 Å². The van der Waals surface area contributed by atoms with Gasteiger partial charge in [-0.15, -0.1) is 0 Å². The highest BCUT2D eigenvalue weighted by Gasteiger charge is 2.46. The Kier molecular flexibility index (Phi) is 6.70. The van der Waals surface area contributed by atoms with E-state index in [1.54, 1.807) is 48.8 Å². The molecule has 2 heterocycles. The molecule has 1 amide bonds. The lowest BCUT2D eigenvalue weighted by molar-refractivity contribution is -0.140. The summed E-state index contributed by atoms with van der Waals surface area (Å²) in [4.78, 5) is 31.8. The number of amides is 1. The number of aliphatic hydroxyl groups excluding tert-OH is 1. The van der Waals surface area contributed by atoms with E-state index in [4.69, 9.17) is 4.74 Å². The lowest BCUT2D eigenvalue weighted by Crippen LogP contribution is -2.29. The normalized spacial score (nSPS) is 17.2. The Hall–Kier alpha value is -3.71. The number of Topliss-reactive ketones (excluding diaryl/α,β-unsaturated/α-hetero) is 1. The monoisotopic (exact) mass is 504 g/mol. The maximum Gasteiger partial charge on any atom is 0.295 e. The summed E-state index contributed by atoms with van der Waals surface area (Å²) < 4.78 is 6.29. The Morgan fingerprint density at radius 2 is 1.94 bits per heavy atom. The molecule has 0 unspecified atom stereocenters. The minimum atomic E-state index is -0.751. The number of aliphatic hydroxyl groups is 1. The molecule has 6 nitrogen and oxygen atoms in total. The average Bonchev–Trinajstić information content (AvgIpc) is 3.08. The van der Waals surface area contributed by atoms with Crippen LogP contribution in [-0.4, -0.2) is 33.3 Å². The third-order valence-corrected chi connectivity index (χ3v) is 5.77. The zero-order valence-corrected chi connectivity index (χ0v) is 19.2. The second kappa shape index (κ2) is 9.83. The SMILES string of the molecule is C=CCOc1ccc(C(O)=C2C(=O)C(=O)N(Cc3cccnc3)[C@@H]2c2cccc(Br)c2)cc1. The molecule has 1 atom stereocenters. The molecule has 1 fully saturated rings. The number of rotatable bonds is 7. The molecule has 3 aromatic rings. The highest BCUT2D eigenvalue weighted by atomic mass is 79.9. The van der Waals surface area contributed by atoms with Gasteiger partial charge in [-0.2, -0.15) is 0 Å². The van der Waals surface area contributed by atoms with Gasteiger partial charge in [-0.1, -0.05) is 46.8 Å². The Morgan fingerprint density at radius 3 is 2.61 bits per heavy atom. The fourth-order valence-corrected chi connectivity index (χ4v) is 4.19. The van der Waals surface area contributed by atoms with E-state index in [1.165, 1.54) is 4.90 Å². The number of nitrogens with zero attached hydrogens (tertiary/aromatic N) is 2. The number of hydrogen-bond donors (Lipinski definition) is 1. The van der Waals surface area contributed by atoms with Crippen LogP contribution < -0.4 is 4.74 Å². The number of pyridine rings is 1. The Balaban J connectivity index is 1.79. The zero-order chi connectivity index (χ0) is 23.4. The van der Waals surface area contributed by atoms with E-state index in [2.05, 4.69) is 27.5 Å². The van der Waals surface area contributed by atoms with Crippen molar-refractivity contribution in [2.75, 3.05) is 6.61 Å². The Labute approximate surface area is 200 Å². The summed E-state index contributed by atoms with van der Waals surface area (Å²) in [7, 11) is 0. The highest BCUT2D eigenvalue weighted by Crippen LogP contribution is 2.41. The lowest BCUT2D eigenvalue weighted by atomic mass is 9.95. The molecular weight excluding hydrogens is 484 g/mol. The highest BCUT2D eigenvalue weighted by molar-refractivity contribution is 9.10. The first-order valence-electron chi connectivity index (χ1n) is 10.3. The number of ether oxygens (including phenoxy) is 1. The van der Waals surface area contributed by atoms with Crippen LogP contribution >= 0.6 is 15.9 Å². The van der Waals surface area contributed by atoms with Gasteiger partial charge in [0, 0.05) is 29.0 Å². The molecule has 1 aliphatic rings. The Bertz CT molecular complexity index is 1220. The molecule has 1 N–H and O–H groups in total. The predicted octanol–water partition coefficient (Wildman–Crippen LogP) is 5.03. The molecule has 0 bridgehead atoms. The van der Waals surface area contributed by atoms with Crippen LogP contribution in [-0.2, 0) is 16.1 Å². The van der Waals surface area contributed by atoms with Crippen LogP contribution in [0.3, 0.4) is 0 Å². The van der Waals surface area contributed by atoms with Gasteiger partial charge in [0.1, 0.15) is 18.1 Å². The summed E-state index contributed by atoms with van der Waals surface area (Å²) in [5, 5.41) is 11.2. The third-order valence-electron chi connectivity index (χ3n) is 5.28. The largest absolute Gasteiger partial charge is 0.507 e. The van der Waals surface area contributed by atoms with Crippen molar-refractivity contribution in [3.05, 3.63) is 112 Å². The first kappa shape index (κ1) is 22.5. The molecular formula is C26H21BrN2O4. The van der Waals surface area contributed by atoms with E-state index in [0.717, 1.165) is 10.0 Å². The molecule has 0 radical (unpaired) electrons. The van der Waals surface area contributed by atoms with E-state index < -0.39 is 17.7 Å². The van der Waals surface area contributed by atoms with Gasteiger partial charge in [0.05, 0.1) is 11.6 Å². The van der Waals surface area contributed by atoms with E-state index in [9.17, 15) is 14.7 Å². The van der Waals surface area contributed by atoms with Crippen LogP contribution in [0.4, 0.5) is 0 Å². The number of ketones is 1. The molecule has 1 saturated heterocycles. The van der Waals surface area contributed by atoms with Crippen molar-refractivity contribution < 1.29 is 19.4 Å². The van der Waals surface area contributed by atoms with Gasteiger partial charge in [-0.25, -0.2) is 0 Å². The van der Waals surface area contributed by atoms with Crippen molar-refractivity contribution >= 4 is 33.4 Å². The van der Waals surface area contributed by atoms with Crippen molar-refractivity contribution in [3.63, 3.8) is 0 Å². The molecule has 166 valence electrons. The first-order valence-corrected chi connectivity index (χ1v) is 11.1. The minimum absolute atomic E-state index is 0.0433. The van der Waals surface area contributed by atoms with Gasteiger partial charge in [-0.05, 0) is 53.6 Å². The van der Waals surface area contributed by atoms with Gasteiger partial charge in [0.2, 0.25) is 0 Å². The molecule has 2 aromatic carbocycles. The number of halogens is 1. The minimum Gasteiger partial charge on any atom is -0.507 e. The number of carbonyl (C=O) groups excluding carboxylic acids is 2. The van der Waals surface area contributed by atoms with Crippen LogP contribution in [0, 0.1) is 0 Å². The second-order valence-corrected chi connectivity index (χ2v) is 8.38. The smallest absolute Gasteiger partial charge is 0.295 e. The first-order chi connectivity index (χ1) is 16.0. The third kappa shape index (κ3) is 4.73. The van der Waals surface area contributed by atoms with Gasteiger partial charge < -0.3 is 14.7 Å². The summed E-state index contributed by atoms with van der Waals surface area (Å²) in [6.45, 7) is 4.15. The number of carbonyl (C=O) groups is 2. The fraction of sp³-hybridized carbons (Fsp3) is 0.115. The van der Waals surface area contributed by atoms with Crippen molar-refractivity contribution in [2.24, 2.45) is 0 Å². The van der Waals surface area contributed by atoms with Crippen molar-refractivity contribution in [1.82, 2.24) is 9.88 Å². The summed E-state index contributed by atoms with van der Waals surface area (Å²) in [5.41, 5.74) is 1.95. The molecule has 1 aromatic heterocycles. The summed E-state index contributed by atoms with van der Waals surface area (Å²) in [6, 6.07) is 16.9. The quantitative estimate of drug-likeness (QED) is 0.211. The maximum atomic E-state index is 13.1. The van der Waals surface area contributed by atoms with Crippen LogP contribution in [0.15, 0.2) is 95.8 Å². The van der Waals surface area contributed by atoms with E-state index in [-0.39, 0.29) is 17.9 Å². The summed E-state index contributed by atoms with van der Waals surface area (Å²) >= 11 is 3.46. The van der Waals surface area contributed by atoms with Crippen LogP contribution in [0.2, 0.25) is 0 Å². The molecule has 1 aliphatic heterocycles. The fourth-order valence-electron chi connectivity index (χ4n) is 3.77. The summed E-state index contributed by atoms with van der Waals surface area (Å²) in [5.74, 6) is -1.03. The van der Waals surface area contributed by atoms with Crippen LogP contribution in [0.25, 0.3) is 5.76 Å². The predicted molar refractivity (Wildman–Crippen MR) is 128 cm³/mol. The van der Waals surface area contributed by atoms with Crippen LogP contribution in [0.1, 0.15) is 22.7 Å². The lowest BCUT2D eigenvalue weighted by Gasteiger charge is -2.25. The standard InChI is InChI=1S/C26H21BrN2O4/c1-2-13-33-21-10-8-18(9-11-21)24(30)22-23(19-6-3-7-20(27)14-19)29(26(32)25(22)31)16-17-5-4-12-28-15-17/h2-12,14-15,23,30H,1,13,16H2/t23-/m1/s1. The molecule has 0 spiro atoms. The number of benzene rings is 2. The van der Waals surface area contributed by atoms with Gasteiger partial charge in [0.25, 0.3) is 11.7 Å². The van der Waals surface area contributed by atoms with E-state index in [0.29, 0.717) is 23.5 Å². The molecule has 0 saturated carbocycles. The molecule has 0 aliphatic carbocycles. The second-order valence-electron chi connectivity index (χ2n) is 7.47. The van der Waals surface area contributed by atoms with Crippen molar-refractivity contribution in [1.29, 1.82) is 0 Å². The molecule has 33 heavy (non-hydrogen) atoms. The number of hydrogen-bond acceptors (Lipinski definition) is 5. The van der Waals surface area contributed by atoms with Crippen molar-refractivity contribution in [2.45, 2.75) is 12.6 Å². The topological polar surface area (TPSA) is 79.7 Å². The Morgan fingerprint density at radius 1 is 1.15 bits per heavy atom. The molecule has 4 rings (SSSR count).